The highest BCUT2D eigenvalue weighted by atomic mass is 35.5. The standard InChI is InChI=1S/C27H20ClN3O5/c1-35-21-7-4-6-20(15-21)30-25(32)26(33)31-29-16-23-22-8-3-2-5-17(22)11-14-24(23)36-27(34)18-9-12-19(28)13-10-18/h2-16H,1H3,(H,30,32)(H,31,33)/b29-16-. The van der Waals surface area contributed by atoms with Crippen LogP contribution in [0, 0.1) is 0 Å². The van der Waals surface area contributed by atoms with Crippen molar-refractivity contribution in [2.75, 3.05) is 12.4 Å². The number of nitrogens with one attached hydrogen (secondary N) is 2. The first-order valence-corrected chi connectivity index (χ1v) is 11.1. The number of halogens is 1. The van der Waals surface area contributed by atoms with Crippen molar-refractivity contribution in [3.63, 3.8) is 0 Å². The van der Waals surface area contributed by atoms with Gasteiger partial charge >= 0.3 is 17.8 Å². The molecule has 180 valence electrons. The molecule has 0 saturated heterocycles. The SMILES string of the molecule is COc1cccc(NC(=O)C(=O)N/N=C\c2c(OC(=O)c3ccc(Cl)cc3)ccc3ccccc23)c1. The Morgan fingerprint density at radius 1 is 0.889 bits per heavy atom. The van der Waals surface area contributed by atoms with E-state index in [1.54, 1.807) is 60.7 Å². The van der Waals surface area contributed by atoms with Gasteiger partial charge in [-0.1, -0.05) is 48.0 Å². The summed E-state index contributed by atoms with van der Waals surface area (Å²) in [5, 5.41) is 8.49. The van der Waals surface area contributed by atoms with Gasteiger partial charge in [0.05, 0.1) is 18.9 Å². The maximum Gasteiger partial charge on any atom is 0.343 e. The fraction of sp³-hybridized carbons (Fsp3) is 0.0370. The predicted octanol–water partition coefficient (Wildman–Crippen LogP) is 4.81. The number of hydrazone groups is 1. The Kier molecular flexibility index (Phi) is 7.57. The maximum absolute atomic E-state index is 12.7. The van der Waals surface area contributed by atoms with Gasteiger partial charge in [0.1, 0.15) is 11.5 Å². The van der Waals surface area contributed by atoms with Crippen LogP contribution in [0.3, 0.4) is 0 Å². The zero-order chi connectivity index (χ0) is 25.5. The number of carbonyl (C=O) groups excluding carboxylic acids is 3. The Hall–Kier alpha value is -4.69. The number of hydrogen-bond acceptors (Lipinski definition) is 6. The highest BCUT2D eigenvalue weighted by Crippen LogP contribution is 2.27. The molecule has 0 aromatic heterocycles. The Balaban J connectivity index is 1.52. The Morgan fingerprint density at radius 3 is 2.44 bits per heavy atom. The van der Waals surface area contributed by atoms with E-state index in [2.05, 4.69) is 15.8 Å². The van der Waals surface area contributed by atoms with Crippen LogP contribution >= 0.6 is 11.6 Å². The van der Waals surface area contributed by atoms with E-state index < -0.39 is 17.8 Å². The van der Waals surface area contributed by atoms with E-state index >= 15 is 0 Å². The van der Waals surface area contributed by atoms with Crippen molar-refractivity contribution in [3.8, 4) is 11.5 Å². The fourth-order valence-corrected chi connectivity index (χ4v) is 3.46. The van der Waals surface area contributed by atoms with Crippen molar-refractivity contribution >= 4 is 52.1 Å². The summed E-state index contributed by atoms with van der Waals surface area (Å²) in [7, 11) is 1.50. The van der Waals surface area contributed by atoms with E-state index in [0.717, 1.165) is 10.8 Å². The lowest BCUT2D eigenvalue weighted by Gasteiger charge is -2.11. The molecular weight excluding hydrogens is 482 g/mol. The molecule has 0 unspecified atom stereocenters. The fourth-order valence-electron chi connectivity index (χ4n) is 3.34. The van der Waals surface area contributed by atoms with Crippen molar-refractivity contribution in [1.29, 1.82) is 0 Å². The molecule has 0 fully saturated rings. The Bertz CT molecular complexity index is 1470. The van der Waals surface area contributed by atoms with E-state index in [1.807, 2.05) is 24.3 Å². The average molecular weight is 502 g/mol. The molecule has 0 bridgehead atoms. The van der Waals surface area contributed by atoms with Crippen LogP contribution in [-0.2, 0) is 9.59 Å². The van der Waals surface area contributed by atoms with Gasteiger partial charge in [-0.3, -0.25) is 9.59 Å². The third kappa shape index (κ3) is 5.86. The van der Waals surface area contributed by atoms with Gasteiger partial charge in [-0.2, -0.15) is 5.10 Å². The van der Waals surface area contributed by atoms with Crippen LogP contribution in [0.25, 0.3) is 10.8 Å². The number of nitrogens with zero attached hydrogens (tertiary/aromatic N) is 1. The molecule has 0 heterocycles. The first-order chi connectivity index (χ1) is 17.4. The lowest BCUT2D eigenvalue weighted by atomic mass is 10.0. The first kappa shape index (κ1) is 24.4. The van der Waals surface area contributed by atoms with E-state index in [1.165, 1.54) is 13.3 Å². The van der Waals surface area contributed by atoms with E-state index in [0.29, 0.717) is 27.6 Å². The number of benzene rings is 4. The predicted molar refractivity (Wildman–Crippen MR) is 138 cm³/mol. The number of methoxy groups -OCH3 is 1. The first-order valence-electron chi connectivity index (χ1n) is 10.7. The summed E-state index contributed by atoms with van der Waals surface area (Å²) in [5.41, 5.74) is 3.35. The van der Waals surface area contributed by atoms with Gasteiger partial charge < -0.3 is 14.8 Å². The van der Waals surface area contributed by atoms with Crippen LogP contribution in [-0.4, -0.2) is 31.1 Å². The highest BCUT2D eigenvalue weighted by Gasteiger charge is 2.15. The minimum Gasteiger partial charge on any atom is -0.497 e. The van der Waals surface area contributed by atoms with Gasteiger partial charge in [-0.25, -0.2) is 10.2 Å². The van der Waals surface area contributed by atoms with Crippen LogP contribution in [0.1, 0.15) is 15.9 Å². The molecule has 4 aromatic carbocycles. The molecule has 4 aromatic rings. The third-order valence-electron chi connectivity index (χ3n) is 5.11. The van der Waals surface area contributed by atoms with Crippen molar-refractivity contribution in [2.45, 2.75) is 0 Å². The molecule has 0 saturated carbocycles. The summed E-state index contributed by atoms with van der Waals surface area (Å²) in [6.07, 6.45) is 1.32. The summed E-state index contributed by atoms with van der Waals surface area (Å²) < 4.78 is 10.7. The number of hydrogen-bond donors (Lipinski definition) is 2. The summed E-state index contributed by atoms with van der Waals surface area (Å²) in [4.78, 5) is 37.2. The van der Waals surface area contributed by atoms with Crippen LogP contribution in [0.2, 0.25) is 5.02 Å². The molecule has 2 N–H and O–H groups in total. The van der Waals surface area contributed by atoms with Crippen molar-refractivity contribution in [3.05, 3.63) is 101 Å². The largest absolute Gasteiger partial charge is 0.497 e. The summed E-state index contributed by atoms with van der Waals surface area (Å²) in [5.74, 6) is -1.71. The van der Waals surface area contributed by atoms with E-state index in [9.17, 15) is 14.4 Å². The van der Waals surface area contributed by atoms with Crippen LogP contribution in [0.4, 0.5) is 5.69 Å². The zero-order valence-corrected chi connectivity index (χ0v) is 19.8. The van der Waals surface area contributed by atoms with Gasteiger partial charge in [-0.05, 0) is 53.2 Å². The average Bonchev–Trinajstić information content (AvgIpc) is 2.90. The van der Waals surface area contributed by atoms with Crippen molar-refractivity contribution < 1.29 is 23.9 Å². The van der Waals surface area contributed by atoms with Gasteiger partial charge in [0, 0.05) is 22.3 Å². The normalized spacial score (nSPS) is 10.7. The van der Waals surface area contributed by atoms with Crippen molar-refractivity contribution in [1.82, 2.24) is 5.43 Å². The second-order valence-electron chi connectivity index (χ2n) is 7.48. The smallest absolute Gasteiger partial charge is 0.343 e. The van der Waals surface area contributed by atoms with Crippen LogP contribution in [0.15, 0.2) is 90.0 Å². The molecule has 0 radical (unpaired) electrons. The lowest BCUT2D eigenvalue weighted by Crippen LogP contribution is -2.32. The number of ether oxygens (including phenoxy) is 2. The van der Waals surface area contributed by atoms with Crippen molar-refractivity contribution in [2.24, 2.45) is 5.10 Å². The van der Waals surface area contributed by atoms with Gasteiger partial charge in [0.15, 0.2) is 0 Å². The molecule has 0 aliphatic rings. The minimum absolute atomic E-state index is 0.229. The molecule has 9 heteroatoms. The number of anilines is 1. The molecule has 36 heavy (non-hydrogen) atoms. The minimum atomic E-state index is -0.978. The number of esters is 1. The molecule has 0 aliphatic heterocycles. The topological polar surface area (TPSA) is 106 Å². The summed E-state index contributed by atoms with van der Waals surface area (Å²) in [6, 6.07) is 23.7. The quantitative estimate of drug-likeness (QED) is 0.130. The van der Waals surface area contributed by atoms with Crippen LogP contribution < -0.4 is 20.2 Å². The lowest BCUT2D eigenvalue weighted by molar-refractivity contribution is -0.136. The monoisotopic (exact) mass is 501 g/mol. The van der Waals surface area contributed by atoms with Gasteiger partial charge in [-0.15, -0.1) is 0 Å². The molecule has 8 nitrogen and oxygen atoms in total. The van der Waals surface area contributed by atoms with E-state index in [4.69, 9.17) is 21.1 Å². The zero-order valence-electron chi connectivity index (χ0n) is 19.0. The molecule has 0 atom stereocenters. The molecule has 0 aliphatic carbocycles. The highest BCUT2D eigenvalue weighted by molar-refractivity contribution is 6.39. The maximum atomic E-state index is 12.7. The van der Waals surface area contributed by atoms with E-state index in [-0.39, 0.29) is 5.75 Å². The third-order valence-corrected chi connectivity index (χ3v) is 5.36. The number of amides is 2. The number of carbonyl (C=O) groups is 3. The second-order valence-corrected chi connectivity index (χ2v) is 7.92. The number of rotatable bonds is 6. The summed E-state index contributed by atoms with van der Waals surface area (Å²) >= 11 is 5.89. The molecule has 0 spiro atoms. The molecule has 4 rings (SSSR count). The van der Waals surface area contributed by atoms with Gasteiger partial charge in [0.25, 0.3) is 0 Å². The number of fused-ring (bicyclic) bond motifs is 1. The Labute approximate surface area is 211 Å². The Morgan fingerprint density at radius 2 is 1.67 bits per heavy atom. The molecular formula is C27H20ClN3O5. The van der Waals surface area contributed by atoms with Crippen LogP contribution in [0.5, 0.6) is 11.5 Å². The summed E-state index contributed by atoms with van der Waals surface area (Å²) in [6.45, 7) is 0. The second kappa shape index (κ2) is 11.2. The molecule has 2 amide bonds. The van der Waals surface area contributed by atoms with Gasteiger partial charge in [0.2, 0.25) is 0 Å².